The SMILES string of the molecule is CCC1SCCSC1C(NN)C1CCOC2(CCOC2)C1. The molecule has 1 spiro atoms. The Balaban J connectivity index is 1.69. The van der Waals surface area contributed by atoms with Gasteiger partial charge in [-0.2, -0.15) is 23.5 Å². The van der Waals surface area contributed by atoms with Crippen LogP contribution in [0.5, 0.6) is 0 Å². The quantitative estimate of drug-likeness (QED) is 0.607. The van der Waals surface area contributed by atoms with Gasteiger partial charge >= 0.3 is 0 Å². The Morgan fingerprint density at radius 1 is 1.33 bits per heavy atom. The first-order chi connectivity index (χ1) is 10.3. The molecule has 0 radical (unpaired) electrons. The Kier molecular flexibility index (Phi) is 5.78. The van der Waals surface area contributed by atoms with Gasteiger partial charge in [0, 0.05) is 47.7 Å². The molecular formula is C15H28N2O2S2. The average Bonchev–Trinajstić information content (AvgIpc) is 2.96. The Bertz CT molecular complexity index is 340. The van der Waals surface area contributed by atoms with Gasteiger partial charge < -0.3 is 9.47 Å². The summed E-state index contributed by atoms with van der Waals surface area (Å²) in [5.74, 6) is 9.13. The summed E-state index contributed by atoms with van der Waals surface area (Å²) in [6, 6.07) is 0.397. The summed E-state index contributed by atoms with van der Waals surface area (Å²) in [6.45, 7) is 4.78. The van der Waals surface area contributed by atoms with E-state index >= 15 is 0 Å². The minimum atomic E-state index is -0.0216. The first-order valence-electron chi connectivity index (χ1n) is 8.19. The number of hydrogen-bond acceptors (Lipinski definition) is 6. The first-order valence-corrected chi connectivity index (χ1v) is 10.3. The highest BCUT2D eigenvalue weighted by molar-refractivity contribution is 8.07. The lowest BCUT2D eigenvalue weighted by Crippen LogP contribution is -2.55. The molecule has 3 aliphatic heterocycles. The fourth-order valence-electron chi connectivity index (χ4n) is 4.01. The number of thioether (sulfide) groups is 2. The zero-order valence-corrected chi connectivity index (χ0v) is 14.5. The molecule has 0 aliphatic carbocycles. The number of nitrogens with two attached hydrogens (primary N) is 1. The van der Waals surface area contributed by atoms with E-state index in [0.717, 1.165) is 44.3 Å². The summed E-state index contributed by atoms with van der Waals surface area (Å²) in [6.07, 6.45) is 4.50. The number of nitrogens with one attached hydrogen (secondary N) is 1. The van der Waals surface area contributed by atoms with Crippen LogP contribution in [0, 0.1) is 5.92 Å². The molecule has 3 fully saturated rings. The van der Waals surface area contributed by atoms with Crippen LogP contribution < -0.4 is 11.3 Å². The summed E-state index contributed by atoms with van der Waals surface area (Å²) in [5, 5.41) is 1.35. The fraction of sp³-hybridized carbons (Fsp3) is 1.00. The van der Waals surface area contributed by atoms with Crippen LogP contribution in [0.1, 0.15) is 32.6 Å². The highest BCUT2D eigenvalue weighted by Crippen LogP contribution is 2.42. The topological polar surface area (TPSA) is 56.5 Å². The Morgan fingerprint density at radius 3 is 2.90 bits per heavy atom. The largest absolute Gasteiger partial charge is 0.378 e. The third-order valence-corrected chi connectivity index (χ3v) is 8.52. The van der Waals surface area contributed by atoms with Crippen molar-refractivity contribution in [3.63, 3.8) is 0 Å². The van der Waals surface area contributed by atoms with Crippen LogP contribution in [-0.2, 0) is 9.47 Å². The normalized spacial score (nSPS) is 42.3. The number of hydrazine groups is 1. The molecule has 6 heteroatoms. The molecule has 122 valence electrons. The summed E-state index contributed by atoms with van der Waals surface area (Å²) in [7, 11) is 0. The van der Waals surface area contributed by atoms with Crippen LogP contribution in [0.25, 0.3) is 0 Å². The van der Waals surface area contributed by atoms with E-state index in [2.05, 4.69) is 35.9 Å². The van der Waals surface area contributed by atoms with Gasteiger partial charge in [0.2, 0.25) is 0 Å². The fourth-order valence-corrected chi connectivity index (χ4v) is 7.33. The summed E-state index contributed by atoms with van der Waals surface area (Å²) < 4.78 is 11.7. The number of ether oxygens (including phenoxy) is 2. The van der Waals surface area contributed by atoms with Crippen molar-refractivity contribution in [3.8, 4) is 0 Å². The van der Waals surface area contributed by atoms with Gasteiger partial charge in [0.1, 0.15) is 0 Å². The molecule has 0 aromatic heterocycles. The molecule has 0 amide bonds. The van der Waals surface area contributed by atoms with E-state index in [0.29, 0.717) is 17.2 Å². The van der Waals surface area contributed by atoms with Gasteiger partial charge in [-0.1, -0.05) is 6.92 Å². The van der Waals surface area contributed by atoms with Gasteiger partial charge in [0.05, 0.1) is 12.2 Å². The predicted octanol–water partition coefficient (Wildman–Crippen LogP) is 2.03. The molecule has 0 bridgehead atoms. The van der Waals surface area contributed by atoms with Crippen molar-refractivity contribution in [1.29, 1.82) is 0 Å². The number of hydrogen-bond donors (Lipinski definition) is 2. The molecule has 0 aromatic rings. The van der Waals surface area contributed by atoms with Gasteiger partial charge in [-0.05, 0) is 25.2 Å². The van der Waals surface area contributed by atoms with Crippen LogP contribution in [0.15, 0.2) is 0 Å². The first kappa shape index (κ1) is 16.4. The Labute approximate surface area is 136 Å². The van der Waals surface area contributed by atoms with Crippen LogP contribution in [0.2, 0.25) is 0 Å². The van der Waals surface area contributed by atoms with Crippen molar-refractivity contribution in [3.05, 3.63) is 0 Å². The molecule has 3 saturated heterocycles. The summed E-state index contributed by atoms with van der Waals surface area (Å²) in [4.78, 5) is 0. The second-order valence-electron chi connectivity index (χ2n) is 6.43. The molecule has 3 aliphatic rings. The maximum Gasteiger partial charge on any atom is 0.0939 e. The van der Waals surface area contributed by atoms with E-state index in [1.807, 2.05) is 0 Å². The molecule has 0 aromatic carbocycles. The third kappa shape index (κ3) is 3.56. The van der Waals surface area contributed by atoms with Crippen molar-refractivity contribution in [1.82, 2.24) is 5.43 Å². The van der Waals surface area contributed by atoms with E-state index in [1.54, 1.807) is 0 Å². The van der Waals surface area contributed by atoms with Gasteiger partial charge in [-0.15, -0.1) is 0 Å². The average molecular weight is 333 g/mol. The van der Waals surface area contributed by atoms with Crippen LogP contribution in [0.3, 0.4) is 0 Å². The van der Waals surface area contributed by atoms with E-state index < -0.39 is 0 Å². The van der Waals surface area contributed by atoms with Crippen molar-refractivity contribution >= 4 is 23.5 Å². The maximum absolute atomic E-state index is 6.09. The summed E-state index contributed by atoms with van der Waals surface area (Å²) >= 11 is 4.25. The molecule has 3 N–H and O–H groups in total. The number of rotatable bonds is 4. The van der Waals surface area contributed by atoms with Crippen LogP contribution in [-0.4, -0.2) is 53.5 Å². The molecule has 4 nitrogen and oxygen atoms in total. The Hall–Kier alpha value is 0.540. The van der Waals surface area contributed by atoms with Crippen LogP contribution >= 0.6 is 23.5 Å². The smallest absolute Gasteiger partial charge is 0.0939 e. The highest BCUT2D eigenvalue weighted by Gasteiger charge is 2.45. The molecule has 5 unspecified atom stereocenters. The lowest BCUT2D eigenvalue weighted by Gasteiger charge is -2.44. The molecule has 3 heterocycles. The van der Waals surface area contributed by atoms with E-state index in [9.17, 15) is 0 Å². The van der Waals surface area contributed by atoms with Gasteiger partial charge in [-0.25, -0.2) is 0 Å². The zero-order chi connectivity index (χ0) is 14.7. The molecular weight excluding hydrogens is 304 g/mol. The summed E-state index contributed by atoms with van der Waals surface area (Å²) in [5.41, 5.74) is 3.16. The predicted molar refractivity (Wildman–Crippen MR) is 90.7 cm³/mol. The molecule has 21 heavy (non-hydrogen) atoms. The second kappa shape index (κ2) is 7.41. The van der Waals surface area contributed by atoms with Crippen molar-refractivity contribution in [2.45, 2.75) is 54.7 Å². The monoisotopic (exact) mass is 332 g/mol. The minimum absolute atomic E-state index is 0.0216. The zero-order valence-electron chi connectivity index (χ0n) is 12.9. The highest BCUT2D eigenvalue weighted by atomic mass is 32.2. The molecule has 5 atom stereocenters. The van der Waals surface area contributed by atoms with E-state index in [-0.39, 0.29) is 5.60 Å². The second-order valence-corrected chi connectivity index (χ2v) is 9.07. The van der Waals surface area contributed by atoms with Crippen LogP contribution in [0.4, 0.5) is 0 Å². The molecule has 0 saturated carbocycles. The van der Waals surface area contributed by atoms with Crippen molar-refractivity contribution in [2.75, 3.05) is 31.3 Å². The Morgan fingerprint density at radius 2 is 2.19 bits per heavy atom. The van der Waals surface area contributed by atoms with Crippen molar-refractivity contribution < 1.29 is 9.47 Å². The third-order valence-electron chi connectivity index (χ3n) is 5.15. The van der Waals surface area contributed by atoms with Gasteiger partial charge in [-0.3, -0.25) is 11.3 Å². The van der Waals surface area contributed by atoms with Gasteiger partial charge in [0.25, 0.3) is 0 Å². The van der Waals surface area contributed by atoms with E-state index in [1.165, 1.54) is 17.9 Å². The van der Waals surface area contributed by atoms with Gasteiger partial charge in [0.15, 0.2) is 0 Å². The minimum Gasteiger partial charge on any atom is -0.378 e. The standard InChI is InChI=1S/C15H28N2O2S2/c1-2-12-14(21-8-7-20-12)13(17-16)11-3-5-19-15(9-11)4-6-18-10-15/h11-14,17H,2-10,16H2,1H3. The van der Waals surface area contributed by atoms with Crippen molar-refractivity contribution in [2.24, 2.45) is 11.8 Å². The maximum atomic E-state index is 6.09. The molecule has 3 rings (SSSR count). The lowest BCUT2D eigenvalue weighted by molar-refractivity contribution is -0.103. The lowest BCUT2D eigenvalue weighted by atomic mass is 9.79. The van der Waals surface area contributed by atoms with E-state index in [4.69, 9.17) is 15.3 Å².